The Morgan fingerprint density at radius 1 is 1.00 bits per heavy atom. The molecule has 2 N–H and O–H groups in total. The van der Waals surface area contributed by atoms with E-state index in [4.69, 9.17) is 0 Å². The van der Waals surface area contributed by atoms with Crippen molar-refractivity contribution in [1.82, 2.24) is 10.3 Å². The van der Waals surface area contributed by atoms with Crippen molar-refractivity contribution in [3.63, 3.8) is 0 Å². The van der Waals surface area contributed by atoms with Crippen LogP contribution in [-0.4, -0.2) is 11.5 Å². The van der Waals surface area contributed by atoms with Gasteiger partial charge in [0.2, 0.25) is 0 Å². The van der Waals surface area contributed by atoms with Crippen LogP contribution >= 0.6 is 0 Å². The largest absolute Gasteiger partial charge is 0.361 e. The molecule has 1 aliphatic rings. The van der Waals surface area contributed by atoms with Crippen molar-refractivity contribution in [2.75, 3.05) is 6.54 Å². The highest BCUT2D eigenvalue weighted by atomic mass is 14.9. The molecule has 0 spiro atoms. The molecule has 1 atom stereocenters. The summed E-state index contributed by atoms with van der Waals surface area (Å²) in [4.78, 5) is 3.30. The second kappa shape index (κ2) is 4.25. The zero-order chi connectivity index (χ0) is 12.7. The Hall–Kier alpha value is -2.06. The lowest BCUT2D eigenvalue weighted by molar-refractivity contribution is 0.591. The van der Waals surface area contributed by atoms with E-state index in [2.05, 4.69) is 58.8 Å². The smallest absolute Gasteiger partial charge is 0.0456 e. The molecule has 2 nitrogen and oxygen atoms in total. The van der Waals surface area contributed by atoms with Gasteiger partial charge in [0.1, 0.15) is 0 Å². The van der Waals surface area contributed by atoms with Crippen LogP contribution in [0.1, 0.15) is 22.6 Å². The summed E-state index contributed by atoms with van der Waals surface area (Å²) in [6, 6.07) is 17.6. The maximum Gasteiger partial charge on any atom is 0.0456 e. The van der Waals surface area contributed by atoms with Gasteiger partial charge in [0.15, 0.2) is 0 Å². The summed E-state index contributed by atoms with van der Waals surface area (Å²) in [7, 11) is 0. The first-order chi connectivity index (χ1) is 9.42. The van der Waals surface area contributed by atoms with Gasteiger partial charge >= 0.3 is 0 Å². The molecule has 0 radical (unpaired) electrons. The van der Waals surface area contributed by atoms with Gasteiger partial charge in [-0.25, -0.2) is 0 Å². The van der Waals surface area contributed by atoms with Gasteiger partial charge in [0, 0.05) is 30.7 Å². The first kappa shape index (κ1) is 10.8. The predicted molar refractivity (Wildman–Crippen MR) is 78.3 cm³/mol. The van der Waals surface area contributed by atoms with Crippen LogP contribution in [0.2, 0.25) is 0 Å². The average molecular weight is 248 g/mol. The SMILES string of the molecule is c1ccc2c(c1)CNC[C@@H]2c1ccc2cc[nH]c2c1. The number of fused-ring (bicyclic) bond motifs is 2. The van der Waals surface area contributed by atoms with Crippen LogP contribution in [0.25, 0.3) is 10.9 Å². The number of aromatic nitrogens is 1. The summed E-state index contributed by atoms with van der Waals surface area (Å²) in [5, 5.41) is 4.80. The molecule has 0 saturated carbocycles. The van der Waals surface area contributed by atoms with E-state index in [0.29, 0.717) is 5.92 Å². The maximum absolute atomic E-state index is 3.52. The fourth-order valence-electron chi connectivity index (χ4n) is 3.08. The van der Waals surface area contributed by atoms with Crippen molar-refractivity contribution in [3.05, 3.63) is 71.4 Å². The minimum Gasteiger partial charge on any atom is -0.361 e. The monoisotopic (exact) mass is 248 g/mol. The van der Waals surface area contributed by atoms with E-state index in [1.165, 1.54) is 27.6 Å². The van der Waals surface area contributed by atoms with Crippen molar-refractivity contribution < 1.29 is 0 Å². The Morgan fingerprint density at radius 2 is 1.95 bits per heavy atom. The zero-order valence-corrected chi connectivity index (χ0v) is 10.7. The predicted octanol–water partition coefficient (Wildman–Crippen LogP) is 3.40. The fourth-order valence-corrected chi connectivity index (χ4v) is 3.08. The normalized spacial score (nSPS) is 18.4. The number of nitrogens with one attached hydrogen (secondary N) is 2. The minimum absolute atomic E-state index is 0.456. The Bertz CT molecular complexity index is 727. The molecule has 2 heterocycles. The van der Waals surface area contributed by atoms with Crippen LogP contribution in [0.3, 0.4) is 0 Å². The summed E-state index contributed by atoms with van der Waals surface area (Å²) in [6.07, 6.45) is 2.00. The van der Waals surface area contributed by atoms with Crippen LogP contribution in [0.5, 0.6) is 0 Å². The van der Waals surface area contributed by atoms with Crippen LogP contribution in [0.4, 0.5) is 0 Å². The zero-order valence-electron chi connectivity index (χ0n) is 10.7. The summed E-state index contributed by atoms with van der Waals surface area (Å²) in [6.45, 7) is 2.00. The van der Waals surface area contributed by atoms with E-state index in [0.717, 1.165) is 13.1 Å². The second-order valence-corrected chi connectivity index (χ2v) is 5.21. The fraction of sp³-hybridized carbons (Fsp3) is 0.176. The Morgan fingerprint density at radius 3 is 2.95 bits per heavy atom. The van der Waals surface area contributed by atoms with Gasteiger partial charge in [-0.15, -0.1) is 0 Å². The Labute approximate surface area is 112 Å². The Balaban J connectivity index is 1.84. The van der Waals surface area contributed by atoms with Crippen molar-refractivity contribution in [1.29, 1.82) is 0 Å². The van der Waals surface area contributed by atoms with Gasteiger partial charge in [0.05, 0.1) is 0 Å². The molecule has 0 amide bonds. The lowest BCUT2D eigenvalue weighted by Gasteiger charge is -2.26. The highest BCUT2D eigenvalue weighted by molar-refractivity contribution is 5.80. The molecule has 2 aromatic carbocycles. The van der Waals surface area contributed by atoms with E-state index in [-0.39, 0.29) is 0 Å². The highest BCUT2D eigenvalue weighted by Gasteiger charge is 2.21. The molecule has 0 bridgehead atoms. The first-order valence-electron chi connectivity index (χ1n) is 6.77. The van der Waals surface area contributed by atoms with Gasteiger partial charge in [0.25, 0.3) is 0 Å². The van der Waals surface area contributed by atoms with Gasteiger partial charge in [-0.2, -0.15) is 0 Å². The molecule has 0 saturated heterocycles. The summed E-state index contributed by atoms with van der Waals surface area (Å²) < 4.78 is 0. The third-order valence-corrected chi connectivity index (χ3v) is 4.08. The number of benzene rings is 2. The standard InChI is InChI=1S/C17H16N2/c1-2-4-15-14(3-1)10-18-11-16(15)13-6-5-12-7-8-19-17(12)9-13/h1-9,16,18-19H,10-11H2/t16-/m1/s1. The third kappa shape index (κ3) is 1.76. The Kier molecular flexibility index (Phi) is 2.42. The lowest BCUT2D eigenvalue weighted by atomic mass is 9.85. The molecule has 4 rings (SSSR count). The second-order valence-electron chi connectivity index (χ2n) is 5.21. The maximum atomic E-state index is 3.52. The number of hydrogen-bond acceptors (Lipinski definition) is 1. The lowest BCUT2D eigenvalue weighted by Crippen LogP contribution is -2.28. The molecular weight excluding hydrogens is 232 g/mol. The minimum atomic E-state index is 0.456. The highest BCUT2D eigenvalue weighted by Crippen LogP contribution is 2.31. The summed E-state index contributed by atoms with van der Waals surface area (Å²) in [5.74, 6) is 0.456. The van der Waals surface area contributed by atoms with Crippen LogP contribution in [-0.2, 0) is 6.54 Å². The molecule has 1 aliphatic heterocycles. The van der Waals surface area contributed by atoms with Crippen molar-refractivity contribution in [2.45, 2.75) is 12.5 Å². The quantitative estimate of drug-likeness (QED) is 0.678. The molecule has 3 aromatic rings. The van der Waals surface area contributed by atoms with Crippen molar-refractivity contribution in [2.24, 2.45) is 0 Å². The number of H-pyrrole nitrogens is 1. The van der Waals surface area contributed by atoms with Crippen LogP contribution < -0.4 is 5.32 Å². The van der Waals surface area contributed by atoms with E-state index >= 15 is 0 Å². The number of rotatable bonds is 1. The van der Waals surface area contributed by atoms with Crippen molar-refractivity contribution >= 4 is 10.9 Å². The summed E-state index contributed by atoms with van der Waals surface area (Å²) in [5.41, 5.74) is 5.49. The third-order valence-electron chi connectivity index (χ3n) is 4.08. The molecule has 1 aromatic heterocycles. The molecule has 94 valence electrons. The van der Waals surface area contributed by atoms with E-state index in [9.17, 15) is 0 Å². The number of aromatic amines is 1. The molecular formula is C17H16N2. The van der Waals surface area contributed by atoms with Crippen LogP contribution in [0, 0.1) is 0 Å². The van der Waals surface area contributed by atoms with E-state index in [1.807, 2.05) is 6.20 Å². The molecule has 2 heteroatoms. The first-order valence-corrected chi connectivity index (χ1v) is 6.77. The molecule has 0 unspecified atom stereocenters. The van der Waals surface area contributed by atoms with Crippen LogP contribution in [0.15, 0.2) is 54.7 Å². The van der Waals surface area contributed by atoms with Gasteiger partial charge in [-0.1, -0.05) is 36.4 Å². The van der Waals surface area contributed by atoms with Gasteiger partial charge < -0.3 is 10.3 Å². The molecule has 19 heavy (non-hydrogen) atoms. The van der Waals surface area contributed by atoms with Gasteiger partial charge in [-0.3, -0.25) is 0 Å². The topological polar surface area (TPSA) is 27.8 Å². The average Bonchev–Trinajstić information content (AvgIpc) is 2.94. The van der Waals surface area contributed by atoms with E-state index in [1.54, 1.807) is 0 Å². The molecule has 0 aliphatic carbocycles. The molecule has 0 fully saturated rings. The summed E-state index contributed by atoms with van der Waals surface area (Å²) >= 11 is 0. The van der Waals surface area contributed by atoms with Crippen molar-refractivity contribution in [3.8, 4) is 0 Å². The van der Waals surface area contributed by atoms with E-state index < -0.39 is 0 Å². The van der Waals surface area contributed by atoms with Gasteiger partial charge in [-0.05, 0) is 34.2 Å². The number of hydrogen-bond donors (Lipinski definition) is 2.